The van der Waals surface area contributed by atoms with Crippen LogP contribution >= 0.6 is 0 Å². The van der Waals surface area contributed by atoms with Crippen molar-refractivity contribution in [1.82, 2.24) is 4.57 Å². The first kappa shape index (κ1) is 17.1. The molecule has 1 aromatic carbocycles. The monoisotopic (exact) mass is 316 g/mol. The zero-order valence-corrected chi connectivity index (χ0v) is 14.1. The highest BCUT2D eigenvalue weighted by Gasteiger charge is 2.15. The molecule has 2 aromatic rings. The summed E-state index contributed by atoms with van der Waals surface area (Å²) in [6.45, 7) is 9.12. The van der Waals surface area contributed by atoms with Crippen LogP contribution in [-0.2, 0) is 13.2 Å². The van der Waals surface area contributed by atoms with Gasteiger partial charge in [0.05, 0.1) is 18.8 Å². The lowest BCUT2D eigenvalue weighted by Crippen LogP contribution is -2.13. The van der Waals surface area contributed by atoms with Crippen molar-refractivity contribution in [2.45, 2.75) is 40.8 Å². The van der Waals surface area contributed by atoms with Crippen LogP contribution in [0.25, 0.3) is 0 Å². The number of hydrogen-bond donors (Lipinski definition) is 2. The molecule has 23 heavy (non-hydrogen) atoms. The summed E-state index contributed by atoms with van der Waals surface area (Å²) in [5.74, 6) is 0.489. The lowest BCUT2D eigenvalue weighted by atomic mass is 10.1. The van der Waals surface area contributed by atoms with Crippen LogP contribution in [0.5, 0.6) is 5.75 Å². The molecule has 0 aliphatic heterocycles. The quantitative estimate of drug-likeness (QED) is 0.860. The van der Waals surface area contributed by atoms with E-state index in [1.165, 1.54) is 0 Å². The fourth-order valence-corrected chi connectivity index (χ4v) is 2.79. The van der Waals surface area contributed by atoms with Gasteiger partial charge in [0.1, 0.15) is 5.75 Å². The smallest absolute Gasteiger partial charge is 0.257 e. The van der Waals surface area contributed by atoms with Gasteiger partial charge in [-0.2, -0.15) is 0 Å². The Morgan fingerprint density at radius 3 is 2.57 bits per heavy atom. The lowest BCUT2D eigenvalue weighted by molar-refractivity contribution is 0.102. The van der Waals surface area contributed by atoms with Crippen LogP contribution < -0.4 is 10.1 Å². The summed E-state index contributed by atoms with van der Waals surface area (Å²) in [5, 5.41) is 12.3. The maximum Gasteiger partial charge on any atom is 0.257 e. The van der Waals surface area contributed by atoms with Gasteiger partial charge in [-0.3, -0.25) is 4.79 Å². The Balaban J connectivity index is 2.23. The molecular weight excluding hydrogens is 292 g/mol. The van der Waals surface area contributed by atoms with Gasteiger partial charge in [0.25, 0.3) is 5.91 Å². The summed E-state index contributed by atoms with van der Waals surface area (Å²) in [6.07, 6.45) is 0. The number of carbonyl (C=O) groups is 1. The molecule has 0 fully saturated rings. The summed E-state index contributed by atoms with van der Waals surface area (Å²) in [7, 11) is 0. The molecule has 1 heterocycles. The molecule has 0 spiro atoms. The third kappa shape index (κ3) is 3.56. The van der Waals surface area contributed by atoms with E-state index in [1.807, 2.05) is 26.8 Å². The van der Waals surface area contributed by atoms with Crippen LogP contribution in [-0.4, -0.2) is 22.2 Å². The van der Waals surface area contributed by atoms with Gasteiger partial charge < -0.3 is 19.7 Å². The van der Waals surface area contributed by atoms with Crippen LogP contribution in [0.1, 0.15) is 41.2 Å². The minimum absolute atomic E-state index is 0.136. The Morgan fingerprint density at radius 1 is 1.26 bits per heavy atom. The van der Waals surface area contributed by atoms with Gasteiger partial charge >= 0.3 is 0 Å². The number of benzene rings is 1. The summed E-state index contributed by atoms with van der Waals surface area (Å²) in [5.41, 5.74) is 3.99. The van der Waals surface area contributed by atoms with Crippen molar-refractivity contribution in [2.24, 2.45) is 0 Å². The van der Waals surface area contributed by atoms with Gasteiger partial charge in [0.2, 0.25) is 0 Å². The molecule has 2 rings (SSSR count). The minimum Gasteiger partial charge on any atom is -0.494 e. The zero-order chi connectivity index (χ0) is 17.0. The van der Waals surface area contributed by atoms with Crippen molar-refractivity contribution in [3.63, 3.8) is 0 Å². The van der Waals surface area contributed by atoms with Crippen LogP contribution in [0.2, 0.25) is 0 Å². The van der Waals surface area contributed by atoms with E-state index in [9.17, 15) is 9.90 Å². The van der Waals surface area contributed by atoms with E-state index < -0.39 is 0 Å². The number of aromatic nitrogens is 1. The van der Waals surface area contributed by atoms with Crippen LogP contribution in [0.4, 0.5) is 5.69 Å². The highest BCUT2D eigenvalue weighted by molar-refractivity contribution is 6.05. The largest absolute Gasteiger partial charge is 0.494 e. The number of anilines is 1. The lowest BCUT2D eigenvalue weighted by Gasteiger charge is -2.11. The first-order chi connectivity index (χ1) is 11.0. The topological polar surface area (TPSA) is 63.5 Å². The number of nitrogens with one attached hydrogen (secondary N) is 1. The van der Waals surface area contributed by atoms with Crippen molar-refractivity contribution < 1.29 is 14.6 Å². The van der Waals surface area contributed by atoms with Crippen molar-refractivity contribution in [3.05, 3.63) is 46.8 Å². The molecule has 5 heteroatoms. The number of nitrogens with zero attached hydrogens (tertiary/aromatic N) is 1. The highest BCUT2D eigenvalue weighted by atomic mass is 16.5. The SMILES string of the molecule is CCOc1ccc(NC(=O)c2cc(C)n(CC)c2C)cc1CO. The van der Waals surface area contributed by atoms with Gasteiger partial charge in [-0.15, -0.1) is 0 Å². The fraction of sp³-hybridized carbons (Fsp3) is 0.389. The van der Waals surface area contributed by atoms with Crippen LogP contribution in [0.15, 0.2) is 24.3 Å². The number of aliphatic hydroxyl groups is 1. The molecule has 0 radical (unpaired) electrons. The second kappa shape index (κ2) is 7.33. The Hall–Kier alpha value is -2.27. The Labute approximate surface area is 136 Å². The second-order valence-corrected chi connectivity index (χ2v) is 5.40. The van der Waals surface area contributed by atoms with Gasteiger partial charge in [0, 0.05) is 29.2 Å². The van der Waals surface area contributed by atoms with Gasteiger partial charge in [-0.1, -0.05) is 0 Å². The molecule has 0 aliphatic carbocycles. The molecule has 1 aromatic heterocycles. The molecular formula is C18H24N2O3. The number of aryl methyl sites for hydroxylation is 1. The number of hydrogen-bond acceptors (Lipinski definition) is 3. The molecule has 1 amide bonds. The number of rotatable bonds is 6. The standard InChI is InChI=1S/C18H24N2O3/c1-5-20-12(3)9-16(13(20)4)18(22)19-15-7-8-17(23-6-2)14(10-15)11-21/h7-10,21H,5-6,11H2,1-4H3,(H,19,22). The molecule has 0 atom stereocenters. The summed E-state index contributed by atoms with van der Waals surface area (Å²) in [6, 6.07) is 7.18. The minimum atomic E-state index is -0.147. The molecule has 0 saturated heterocycles. The third-order valence-corrected chi connectivity index (χ3v) is 3.92. The van der Waals surface area contributed by atoms with Crippen molar-refractivity contribution in [1.29, 1.82) is 0 Å². The normalized spacial score (nSPS) is 10.7. The Kier molecular flexibility index (Phi) is 5.45. The zero-order valence-electron chi connectivity index (χ0n) is 14.1. The third-order valence-electron chi connectivity index (χ3n) is 3.92. The molecule has 5 nitrogen and oxygen atoms in total. The first-order valence-corrected chi connectivity index (χ1v) is 7.86. The highest BCUT2D eigenvalue weighted by Crippen LogP contribution is 2.24. The summed E-state index contributed by atoms with van der Waals surface area (Å²) in [4.78, 5) is 12.5. The predicted octanol–water partition coefficient (Wildman–Crippen LogP) is 3.27. The second-order valence-electron chi connectivity index (χ2n) is 5.40. The van der Waals surface area contributed by atoms with E-state index in [-0.39, 0.29) is 12.5 Å². The van der Waals surface area contributed by atoms with Gasteiger partial charge in [0.15, 0.2) is 0 Å². The predicted molar refractivity (Wildman–Crippen MR) is 91.1 cm³/mol. The van der Waals surface area contributed by atoms with Crippen LogP contribution in [0.3, 0.4) is 0 Å². The van der Waals surface area contributed by atoms with Crippen molar-refractivity contribution in [3.8, 4) is 5.75 Å². The number of ether oxygens (including phenoxy) is 1. The van der Waals surface area contributed by atoms with Crippen LogP contribution in [0, 0.1) is 13.8 Å². The number of carbonyl (C=O) groups excluding carboxylic acids is 1. The van der Waals surface area contributed by atoms with E-state index in [1.54, 1.807) is 18.2 Å². The van der Waals surface area contributed by atoms with Gasteiger partial charge in [-0.05, 0) is 52.0 Å². The van der Waals surface area contributed by atoms with E-state index in [4.69, 9.17) is 4.74 Å². The molecule has 0 aliphatic rings. The molecule has 0 unspecified atom stereocenters. The number of aliphatic hydroxyl groups excluding tert-OH is 1. The van der Waals surface area contributed by atoms with Crippen molar-refractivity contribution in [2.75, 3.05) is 11.9 Å². The Morgan fingerprint density at radius 2 is 2.00 bits per heavy atom. The summed E-state index contributed by atoms with van der Waals surface area (Å²) >= 11 is 0. The Bertz CT molecular complexity index is 705. The maximum absolute atomic E-state index is 12.5. The average Bonchev–Trinajstić information content (AvgIpc) is 2.83. The number of amides is 1. The van der Waals surface area contributed by atoms with E-state index >= 15 is 0 Å². The van der Waals surface area contributed by atoms with E-state index in [0.717, 1.165) is 17.9 Å². The fourth-order valence-electron chi connectivity index (χ4n) is 2.79. The van der Waals surface area contributed by atoms with Crippen molar-refractivity contribution >= 4 is 11.6 Å². The molecule has 124 valence electrons. The average molecular weight is 316 g/mol. The van der Waals surface area contributed by atoms with E-state index in [2.05, 4.69) is 16.8 Å². The molecule has 2 N–H and O–H groups in total. The molecule has 0 saturated carbocycles. The maximum atomic E-state index is 12.5. The molecule has 0 bridgehead atoms. The van der Waals surface area contributed by atoms with E-state index in [0.29, 0.717) is 29.2 Å². The first-order valence-electron chi connectivity index (χ1n) is 7.86. The summed E-state index contributed by atoms with van der Waals surface area (Å²) < 4.78 is 7.55. The van der Waals surface area contributed by atoms with Gasteiger partial charge in [-0.25, -0.2) is 0 Å².